The summed E-state index contributed by atoms with van der Waals surface area (Å²) in [6.45, 7) is 0. The molecule has 1 aromatic rings. The van der Waals surface area contributed by atoms with Gasteiger partial charge in [-0.15, -0.1) is 0 Å². The molecule has 0 fully saturated rings. The molecule has 0 saturated heterocycles. The lowest BCUT2D eigenvalue weighted by Gasteiger charge is -1.97. The molecule has 0 bridgehead atoms. The van der Waals surface area contributed by atoms with Crippen molar-refractivity contribution >= 4 is 29.8 Å². The second kappa shape index (κ2) is 4.23. The van der Waals surface area contributed by atoms with Crippen molar-refractivity contribution < 1.29 is 14.1 Å². The summed E-state index contributed by atoms with van der Waals surface area (Å²) in [5.41, 5.74) is 0. The van der Waals surface area contributed by atoms with Crippen LogP contribution in [0.4, 0.5) is 4.79 Å². The molecule has 0 spiro atoms. The highest BCUT2D eigenvalue weighted by Gasteiger charge is 1.99. The van der Waals surface area contributed by atoms with Gasteiger partial charge in [-0.2, -0.15) is 0 Å². The predicted molar refractivity (Wildman–Crippen MR) is 46.4 cm³/mol. The quantitative estimate of drug-likeness (QED) is 0.753. The Morgan fingerprint density at radius 1 is 1.42 bits per heavy atom. The lowest BCUT2D eigenvalue weighted by molar-refractivity contribution is 0.153. The van der Waals surface area contributed by atoms with Crippen molar-refractivity contribution in [3.8, 4) is 0 Å². The number of benzene rings is 1. The van der Waals surface area contributed by atoms with Crippen LogP contribution in [-0.4, -0.2) is 11.3 Å². The summed E-state index contributed by atoms with van der Waals surface area (Å²) in [4.78, 5) is 10.7. The van der Waals surface area contributed by atoms with E-state index in [1.807, 2.05) is 0 Å². The number of rotatable bonds is 2. The molecular formula is C7H5ClO3S. The second-order valence-corrected chi connectivity index (χ2v) is 3.13. The van der Waals surface area contributed by atoms with E-state index in [0.717, 1.165) is 12.0 Å². The van der Waals surface area contributed by atoms with E-state index in [0.29, 0.717) is 9.92 Å². The van der Waals surface area contributed by atoms with Gasteiger partial charge in [-0.25, -0.2) is 4.79 Å². The molecule has 1 rings (SSSR count). The first-order valence-electron chi connectivity index (χ1n) is 3.01. The van der Waals surface area contributed by atoms with Gasteiger partial charge in [0.15, 0.2) is 0 Å². The number of carbonyl (C=O) groups is 1. The van der Waals surface area contributed by atoms with Crippen LogP contribution in [0.1, 0.15) is 0 Å². The average molecular weight is 205 g/mol. The average Bonchev–Trinajstić information content (AvgIpc) is 2.03. The van der Waals surface area contributed by atoms with E-state index in [9.17, 15) is 4.79 Å². The van der Waals surface area contributed by atoms with Crippen molar-refractivity contribution in [2.24, 2.45) is 0 Å². The standard InChI is InChI=1S/C7H5ClO3S/c8-5-1-3-6(4-2-5)12-11-7(9)10/h1-4H,(H,9,10). The molecule has 0 aromatic heterocycles. The van der Waals surface area contributed by atoms with Crippen molar-refractivity contribution in [2.75, 3.05) is 0 Å². The molecule has 0 heterocycles. The predicted octanol–water partition coefficient (Wildman–Crippen LogP) is 3.04. The summed E-state index contributed by atoms with van der Waals surface area (Å²) in [6, 6.07) is 6.68. The fourth-order valence-electron chi connectivity index (χ4n) is 0.574. The second-order valence-electron chi connectivity index (χ2n) is 1.89. The molecule has 5 heteroatoms. The third kappa shape index (κ3) is 3.02. The molecule has 0 atom stereocenters. The molecule has 0 amide bonds. The van der Waals surface area contributed by atoms with Crippen molar-refractivity contribution in [3.05, 3.63) is 29.3 Å². The first-order valence-corrected chi connectivity index (χ1v) is 4.13. The molecule has 0 aliphatic heterocycles. The van der Waals surface area contributed by atoms with Crippen molar-refractivity contribution in [3.63, 3.8) is 0 Å². The van der Waals surface area contributed by atoms with Gasteiger partial charge in [-0.05, 0) is 24.3 Å². The van der Waals surface area contributed by atoms with Crippen LogP contribution < -0.4 is 0 Å². The molecule has 3 nitrogen and oxygen atoms in total. The Morgan fingerprint density at radius 3 is 2.50 bits per heavy atom. The topological polar surface area (TPSA) is 46.5 Å². The van der Waals surface area contributed by atoms with Crippen molar-refractivity contribution in [2.45, 2.75) is 4.90 Å². The Morgan fingerprint density at radius 2 is 2.00 bits per heavy atom. The number of halogens is 1. The molecule has 64 valence electrons. The van der Waals surface area contributed by atoms with Gasteiger partial charge in [0.2, 0.25) is 0 Å². The van der Waals surface area contributed by atoms with E-state index in [2.05, 4.69) is 4.18 Å². The summed E-state index contributed by atoms with van der Waals surface area (Å²) in [7, 11) is 0. The van der Waals surface area contributed by atoms with Crippen LogP contribution in [0.5, 0.6) is 0 Å². The summed E-state index contributed by atoms with van der Waals surface area (Å²) in [5, 5.41) is 8.77. The third-order valence-corrected chi connectivity index (χ3v) is 1.97. The maximum atomic E-state index is 9.97. The zero-order valence-electron chi connectivity index (χ0n) is 5.86. The molecule has 0 aliphatic carbocycles. The van der Waals surface area contributed by atoms with Crippen molar-refractivity contribution in [1.82, 2.24) is 0 Å². The number of hydrogen-bond acceptors (Lipinski definition) is 3. The first kappa shape index (κ1) is 9.22. The zero-order chi connectivity index (χ0) is 8.97. The minimum Gasteiger partial charge on any atom is -0.449 e. The van der Waals surface area contributed by atoms with Crippen LogP contribution in [0.3, 0.4) is 0 Å². The maximum Gasteiger partial charge on any atom is 0.518 e. The molecule has 12 heavy (non-hydrogen) atoms. The monoisotopic (exact) mass is 204 g/mol. The molecule has 1 N–H and O–H groups in total. The Hall–Kier alpha value is -0.870. The van der Waals surface area contributed by atoms with E-state index in [-0.39, 0.29) is 0 Å². The van der Waals surface area contributed by atoms with Crippen LogP contribution in [0.15, 0.2) is 29.2 Å². The van der Waals surface area contributed by atoms with Crippen LogP contribution in [0, 0.1) is 0 Å². The molecule has 0 unspecified atom stereocenters. The fraction of sp³-hybridized carbons (Fsp3) is 0. The van der Waals surface area contributed by atoms with E-state index in [1.165, 1.54) is 0 Å². The Bertz CT molecular complexity index is 272. The van der Waals surface area contributed by atoms with Crippen molar-refractivity contribution in [1.29, 1.82) is 0 Å². The van der Waals surface area contributed by atoms with E-state index < -0.39 is 6.16 Å². The van der Waals surface area contributed by atoms with Gasteiger partial charge in [0.25, 0.3) is 0 Å². The van der Waals surface area contributed by atoms with Gasteiger partial charge in [0.05, 0.1) is 12.0 Å². The number of hydrogen-bond donors (Lipinski definition) is 1. The lowest BCUT2D eigenvalue weighted by atomic mass is 10.4. The molecule has 0 radical (unpaired) electrons. The summed E-state index contributed by atoms with van der Waals surface area (Å²) < 4.78 is 4.26. The zero-order valence-corrected chi connectivity index (χ0v) is 7.43. The largest absolute Gasteiger partial charge is 0.518 e. The Kier molecular flexibility index (Phi) is 3.25. The highest BCUT2D eigenvalue weighted by molar-refractivity contribution is 7.95. The highest BCUT2D eigenvalue weighted by atomic mass is 35.5. The van der Waals surface area contributed by atoms with E-state index in [1.54, 1.807) is 24.3 Å². The summed E-state index contributed by atoms with van der Waals surface area (Å²) in [6.07, 6.45) is -1.31. The molecular weight excluding hydrogens is 200 g/mol. The van der Waals surface area contributed by atoms with Gasteiger partial charge in [0, 0.05) is 9.92 Å². The fourth-order valence-corrected chi connectivity index (χ4v) is 1.11. The summed E-state index contributed by atoms with van der Waals surface area (Å²) >= 11 is 6.39. The van der Waals surface area contributed by atoms with Crippen LogP contribution in [-0.2, 0) is 4.18 Å². The smallest absolute Gasteiger partial charge is 0.449 e. The highest BCUT2D eigenvalue weighted by Crippen LogP contribution is 2.20. The third-order valence-electron chi connectivity index (χ3n) is 1.02. The van der Waals surface area contributed by atoms with Gasteiger partial charge in [0.1, 0.15) is 0 Å². The van der Waals surface area contributed by atoms with Gasteiger partial charge < -0.3 is 9.29 Å². The van der Waals surface area contributed by atoms with Gasteiger partial charge >= 0.3 is 6.16 Å². The molecule has 0 aliphatic rings. The van der Waals surface area contributed by atoms with Crippen LogP contribution in [0.25, 0.3) is 0 Å². The van der Waals surface area contributed by atoms with E-state index in [4.69, 9.17) is 16.7 Å². The Labute approximate surface area is 78.5 Å². The molecule has 1 aromatic carbocycles. The normalized spacial score (nSPS) is 9.42. The molecule has 0 saturated carbocycles. The van der Waals surface area contributed by atoms with Gasteiger partial charge in [-0.1, -0.05) is 11.6 Å². The number of carboxylic acid groups (broad SMARTS) is 1. The Balaban J connectivity index is 2.53. The first-order chi connectivity index (χ1) is 5.68. The van der Waals surface area contributed by atoms with Crippen LogP contribution in [0.2, 0.25) is 5.02 Å². The summed E-state index contributed by atoms with van der Waals surface area (Å²) in [5.74, 6) is 0. The maximum absolute atomic E-state index is 9.97. The van der Waals surface area contributed by atoms with E-state index >= 15 is 0 Å². The lowest BCUT2D eigenvalue weighted by Crippen LogP contribution is -1.90. The van der Waals surface area contributed by atoms with Crippen LogP contribution >= 0.6 is 23.6 Å². The SMILES string of the molecule is O=C(O)OSc1ccc(Cl)cc1. The minimum absolute atomic E-state index is 0.606. The minimum atomic E-state index is -1.31. The van der Waals surface area contributed by atoms with Gasteiger partial charge in [-0.3, -0.25) is 0 Å².